The topological polar surface area (TPSA) is 52.0 Å². The average Bonchev–Trinajstić information content (AvgIpc) is 2.24. The lowest BCUT2D eigenvalue weighted by atomic mass is 9.74. The van der Waals surface area contributed by atoms with E-state index in [0.717, 1.165) is 24.8 Å². The molecule has 2 nitrogen and oxygen atoms in total. The van der Waals surface area contributed by atoms with Crippen molar-refractivity contribution in [3.63, 3.8) is 0 Å². The van der Waals surface area contributed by atoms with Gasteiger partial charge in [-0.25, -0.2) is 0 Å². The Morgan fingerprint density at radius 2 is 2.21 bits per heavy atom. The molecule has 2 heteroatoms. The van der Waals surface area contributed by atoms with Crippen molar-refractivity contribution >= 4 is 0 Å². The Morgan fingerprint density at radius 1 is 1.36 bits per heavy atom. The summed E-state index contributed by atoms with van der Waals surface area (Å²) in [6.07, 6.45) is 4.32. The number of rotatable bonds is 1. The summed E-state index contributed by atoms with van der Waals surface area (Å²) < 4.78 is 0. The van der Waals surface area contributed by atoms with Crippen molar-refractivity contribution in [1.82, 2.24) is 0 Å². The molecule has 0 aliphatic heterocycles. The van der Waals surface area contributed by atoms with E-state index < -0.39 is 0 Å². The minimum atomic E-state index is -0.379. The van der Waals surface area contributed by atoms with Crippen LogP contribution in [0.25, 0.3) is 0 Å². The molecule has 2 unspecified atom stereocenters. The summed E-state index contributed by atoms with van der Waals surface area (Å²) in [6.45, 7) is 0. The molecule has 1 saturated carbocycles. The molecule has 0 bridgehead atoms. The first-order valence-electron chi connectivity index (χ1n) is 5.16. The second kappa shape index (κ2) is 3.71. The smallest absolute Gasteiger partial charge is 0.0569 e. The molecule has 1 aliphatic rings. The molecule has 14 heavy (non-hydrogen) atoms. The van der Waals surface area contributed by atoms with E-state index in [0.29, 0.717) is 0 Å². The van der Waals surface area contributed by atoms with Crippen LogP contribution in [0.1, 0.15) is 31.2 Å². The molecule has 0 heterocycles. The third kappa shape index (κ3) is 1.56. The zero-order chi connectivity index (χ0) is 10.0. The summed E-state index contributed by atoms with van der Waals surface area (Å²) in [5.41, 5.74) is 13.1. The molecule has 0 saturated heterocycles. The average molecular weight is 188 g/mol. The summed E-state index contributed by atoms with van der Waals surface area (Å²) >= 11 is 0. The fourth-order valence-electron chi connectivity index (χ4n) is 2.18. The predicted octanol–water partition coefficient (Wildman–Crippen LogP) is 1.34. The summed E-state index contributed by atoms with van der Waals surface area (Å²) in [4.78, 5) is 0. The summed E-state index contributed by atoms with van der Waals surface area (Å²) in [5, 5.41) is 0. The van der Waals surface area contributed by atoms with E-state index >= 15 is 0 Å². The van der Waals surface area contributed by atoms with E-state index in [2.05, 4.69) is 12.1 Å². The molecule has 1 aromatic rings. The first-order chi connectivity index (χ1) is 6.73. The maximum atomic E-state index is 6.35. The first kappa shape index (κ1) is 9.69. The van der Waals surface area contributed by atoms with Gasteiger partial charge in [-0.05, 0) is 36.6 Å². The highest BCUT2D eigenvalue weighted by Gasteiger charge is 2.36. The third-order valence-corrected chi connectivity index (χ3v) is 3.16. The zero-order valence-electron chi connectivity index (χ0n) is 8.29. The van der Waals surface area contributed by atoms with Crippen molar-refractivity contribution in [3.8, 4) is 0 Å². The molecule has 1 aromatic carbocycles. The van der Waals surface area contributed by atoms with Crippen LogP contribution in [-0.4, -0.2) is 6.04 Å². The highest BCUT2D eigenvalue weighted by molar-refractivity contribution is 5.25. The third-order valence-electron chi connectivity index (χ3n) is 3.16. The molecule has 74 valence electrons. The first-order valence-corrected chi connectivity index (χ1v) is 5.16. The molecular weight excluding hydrogens is 172 g/mol. The van der Waals surface area contributed by atoms with Gasteiger partial charge in [-0.3, -0.25) is 0 Å². The van der Waals surface area contributed by atoms with Gasteiger partial charge in [0.15, 0.2) is 0 Å². The lowest BCUT2D eigenvalue weighted by Crippen LogP contribution is -2.54. The van der Waals surface area contributed by atoms with Crippen LogP contribution < -0.4 is 11.5 Å². The van der Waals surface area contributed by atoms with Crippen molar-refractivity contribution in [1.29, 1.82) is 0 Å². The van der Waals surface area contributed by atoms with Gasteiger partial charge in [0.1, 0.15) is 0 Å². The van der Waals surface area contributed by atoms with Gasteiger partial charge in [-0.15, -0.1) is 0 Å². The van der Waals surface area contributed by atoms with Gasteiger partial charge in [-0.2, -0.15) is 0 Å². The normalized spacial score (nSPS) is 32.9. The molecule has 2 atom stereocenters. The maximum Gasteiger partial charge on any atom is 0.0569 e. The number of benzene rings is 1. The van der Waals surface area contributed by atoms with E-state index in [4.69, 9.17) is 11.5 Å². The molecule has 0 spiro atoms. The number of hydrogen-bond acceptors (Lipinski definition) is 2. The summed E-state index contributed by atoms with van der Waals surface area (Å²) in [7, 11) is 0. The molecule has 0 aromatic heterocycles. The Hall–Kier alpha value is -0.860. The van der Waals surface area contributed by atoms with E-state index in [1.807, 2.05) is 18.2 Å². The Bertz CT molecular complexity index is 296. The van der Waals surface area contributed by atoms with Gasteiger partial charge < -0.3 is 11.5 Å². The van der Waals surface area contributed by atoms with Crippen molar-refractivity contribution in [2.24, 2.45) is 11.5 Å². The molecule has 2 radical (unpaired) electrons. The van der Waals surface area contributed by atoms with E-state index in [1.54, 1.807) is 0 Å². The largest absolute Gasteiger partial charge is 0.326 e. The predicted molar refractivity (Wildman–Crippen MR) is 56.4 cm³/mol. The van der Waals surface area contributed by atoms with E-state index in [9.17, 15) is 0 Å². The van der Waals surface area contributed by atoms with Crippen LogP contribution in [0, 0.1) is 12.1 Å². The van der Waals surface area contributed by atoms with Crippen LogP contribution >= 0.6 is 0 Å². The molecule has 0 amide bonds. The SMILES string of the molecule is NC1CCCCC1(N)c1[c]cc[c]c1. The Labute approximate surface area is 85.3 Å². The number of hydrogen-bond donors (Lipinski definition) is 2. The standard InChI is InChI=1S/C12H16N2/c13-11-8-4-5-9-12(11,14)10-6-2-1-3-7-10/h1-2,7,11H,4-5,8-9,13-14H2. The molecule has 1 aliphatic carbocycles. The van der Waals surface area contributed by atoms with Crippen LogP contribution in [0.4, 0.5) is 0 Å². The van der Waals surface area contributed by atoms with Gasteiger partial charge >= 0.3 is 0 Å². The Morgan fingerprint density at radius 3 is 2.86 bits per heavy atom. The molecular formula is C12H16N2. The highest BCUT2D eigenvalue weighted by Crippen LogP contribution is 2.33. The van der Waals surface area contributed by atoms with E-state index in [1.165, 1.54) is 6.42 Å². The quantitative estimate of drug-likeness (QED) is 0.698. The van der Waals surface area contributed by atoms with Crippen LogP contribution in [0.2, 0.25) is 0 Å². The van der Waals surface area contributed by atoms with Gasteiger partial charge in [-0.1, -0.05) is 25.0 Å². The summed E-state index contributed by atoms with van der Waals surface area (Å²) in [6, 6.07) is 11.9. The second-order valence-electron chi connectivity index (χ2n) is 4.09. The fourth-order valence-corrected chi connectivity index (χ4v) is 2.18. The molecule has 2 rings (SSSR count). The van der Waals surface area contributed by atoms with Crippen molar-refractivity contribution in [3.05, 3.63) is 35.9 Å². The molecule has 4 N–H and O–H groups in total. The lowest BCUT2D eigenvalue weighted by molar-refractivity contribution is 0.256. The van der Waals surface area contributed by atoms with Crippen LogP contribution in [0.15, 0.2) is 18.2 Å². The number of nitrogens with two attached hydrogens (primary N) is 2. The maximum absolute atomic E-state index is 6.35. The van der Waals surface area contributed by atoms with Gasteiger partial charge in [0.2, 0.25) is 0 Å². The Balaban J connectivity index is 2.30. The van der Waals surface area contributed by atoms with Crippen molar-refractivity contribution in [2.75, 3.05) is 0 Å². The summed E-state index contributed by atoms with van der Waals surface area (Å²) in [5.74, 6) is 0. The highest BCUT2D eigenvalue weighted by atomic mass is 14.9. The minimum absolute atomic E-state index is 0.0586. The van der Waals surface area contributed by atoms with Crippen molar-refractivity contribution in [2.45, 2.75) is 37.3 Å². The monoisotopic (exact) mass is 188 g/mol. The molecule has 1 fully saturated rings. The minimum Gasteiger partial charge on any atom is -0.326 e. The fraction of sp³-hybridized carbons (Fsp3) is 0.500. The zero-order valence-corrected chi connectivity index (χ0v) is 8.29. The van der Waals surface area contributed by atoms with Gasteiger partial charge in [0.25, 0.3) is 0 Å². The van der Waals surface area contributed by atoms with Gasteiger partial charge in [0.05, 0.1) is 5.54 Å². The van der Waals surface area contributed by atoms with E-state index in [-0.39, 0.29) is 11.6 Å². The second-order valence-corrected chi connectivity index (χ2v) is 4.09. The van der Waals surface area contributed by atoms with Crippen LogP contribution in [0.3, 0.4) is 0 Å². The lowest BCUT2D eigenvalue weighted by Gasteiger charge is -2.39. The van der Waals surface area contributed by atoms with Crippen LogP contribution in [-0.2, 0) is 5.54 Å². The Kier molecular flexibility index (Phi) is 2.57. The van der Waals surface area contributed by atoms with Gasteiger partial charge in [0, 0.05) is 6.04 Å². The van der Waals surface area contributed by atoms with Crippen molar-refractivity contribution < 1.29 is 0 Å². The van der Waals surface area contributed by atoms with Crippen LogP contribution in [0.5, 0.6) is 0 Å².